The Morgan fingerprint density at radius 2 is 2.14 bits per heavy atom. The van der Waals surface area contributed by atoms with E-state index >= 15 is 0 Å². The minimum Gasteiger partial charge on any atom is -0.479 e. The van der Waals surface area contributed by atoms with Gasteiger partial charge in [-0.25, -0.2) is 4.79 Å². The van der Waals surface area contributed by atoms with E-state index in [-0.39, 0.29) is 11.3 Å². The quantitative estimate of drug-likeness (QED) is 0.932. The van der Waals surface area contributed by atoms with E-state index in [1.54, 1.807) is 16.2 Å². The first-order chi connectivity index (χ1) is 10.1. The van der Waals surface area contributed by atoms with Crippen molar-refractivity contribution in [3.8, 4) is 0 Å². The molecule has 1 aromatic rings. The van der Waals surface area contributed by atoms with Crippen molar-refractivity contribution in [2.24, 2.45) is 5.41 Å². The molecule has 1 unspecified atom stereocenters. The van der Waals surface area contributed by atoms with Crippen LogP contribution in [0.4, 0.5) is 0 Å². The molecule has 1 aromatic heterocycles. The Hall–Kier alpha value is -1.36. The molecule has 1 amide bonds. The highest BCUT2D eigenvalue weighted by molar-refractivity contribution is 7.10. The van der Waals surface area contributed by atoms with Crippen molar-refractivity contribution in [1.29, 1.82) is 0 Å². The third-order valence-electron chi connectivity index (χ3n) is 5.15. The minimum atomic E-state index is -0.910. The average Bonchev–Trinajstić information content (AvgIpc) is 3.14. The van der Waals surface area contributed by atoms with E-state index in [2.05, 4.69) is 6.92 Å². The molecular formula is C16H21NO3S. The largest absolute Gasteiger partial charge is 0.479 e. The highest BCUT2D eigenvalue weighted by atomic mass is 32.1. The molecule has 114 valence electrons. The normalized spacial score (nSPS) is 23.9. The van der Waals surface area contributed by atoms with Crippen molar-refractivity contribution in [3.05, 3.63) is 21.9 Å². The summed E-state index contributed by atoms with van der Waals surface area (Å²) in [6.45, 7) is 2.59. The van der Waals surface area contributed by atoms with E-state index < -0.39 is 12.0 Å². The summed E-state index contributed by atoms with van der Waals surface area (Å²) in [5.41, 5.74) is 0.498. The number of rotatable bonds is 3. The lowest BCUT2D eigenvalue weighted by molar-refractivity contribution is -0.156. The molecule has 1 fully saturated rings. The molecule has 2 aliphatic rings. The van der Waals surface area contributed by atoms with Crippen LogP contribution in [0, 0.1) is 5.41 Å². The van der Waals surface area contributed by atoms with Crippen LogP contribution in [0.2, 0.25) is 0 Å². The maximum absolute atomic E-state index is 13.1. The second-order valence-electron chi connectivity index (χ2n) is 6.13. The van der Waals surface area contributed by atoms with E-state index in [0.29, 0.717) is 6.54 Å². The molecule has 3 rings (SSSR count). The third kappa shape index (κ3) is 2.27. The van der Waals surface area contributed by atoms with Crippen molar-refractivity contribution in [1.82, 2.24) is 4.90 Å². The summed E-state index contributed by atoms with van der Waals surface area (Å²) in [6.07, 6.45) is 5.56. The fourth-order valence-electron chi connectivity index (χ4n) is 3.88. The van der Waals surface area contributed by atoms with Gasteiger partial charge in [0.25, 0.3) is 0 Å². The molecule has 0 spiro atoms. The molecule has 0 radical (unpaired) electrons. The van der Waals surface area contributed by atoms with Gasteiger partial charge in [-0.3, -0.25) is 4.79 Å². The number of amides is 1. The minimum absolute atomic E-state index is 0.0618. The molecule has 1 aliphatic carbocycles. The van der Waals surface area contributed by atoms with Crippen LogP contribution in [0.15, 0.2) is 11.4 Å². The van der Waals surface area contributed by atoms with Gasteiger partial charge in [0.1, 0.15) is 0 Å². The SMILES string of the molecule is CCC1(C(=O)N2CCc3sccc3C2C(=O)O)CCCC1. The van der Waals surface area contributed by atoms with Crippen LogP contribution < -0.4 is 0 Å². The molecule has 5 heteroatoms. The fourth-order valence-corrected chi connectivity index (χ4v) is 4.78. The van der Waals surface area contributed by atoms with Gasteiger partial charge in [-0.15, -0.1) is 11.3 Å². The Balaban J connectivity index is 1.94. The van der Waals surface area contributed by atoms with E-state index in [4.69, 9.17) is 0 Å². The fraction of sp³-hybridized carbons (Fsp3) is 0.625. The summed E-state index contributed by atoms with van der Waals surface area (Å²) in [6, 6.07) is 1.07. The summed E-state index contributed by atoms with van der Waals surface area (Å²) >= 11 is 1.60. The van der Waals surface area contributed by atoms with Gasteiger partial charge < -0.3 is 10.0 Å². The maximum Gasteiger partial charge on any atom is 0.331 e. The average molecular weight is 307 g/mol. The first-order valence-electron chi connectivity index (χ1n) is 7.69. The lowest BCUT2D eigenvalue weighted by Crippen LogP contribution is -2.49. The number of hydrogen-bond acceptors (Lipinski definition) is 3. The summed E-state index contributed by atoms with van der Waals surface area (Å²) in [5.74, 6) is -0.848. The number of fused-ring (bicyclic) bond motifs is 1. The predicted octanol–water partition coefficient (Wildman–Crippen LogP) is 3.23. The monoisotopic (exact) mass is 307 g/mol. The Labute approximate surface area is 128 Å². The van der Waals surface area contributed by atoms with E-state index in [1.807, 2.05) is 11.4 Å². The van der Waals surface area contributed by atoms with Gasteiger partial charge >= 0.3 is 5.97 Å². The van der Waals surface area contributed by atoms with Crippen LogP contribution in [-0.2, 0) is 16.0 Å². The van der Waals surface area contributed by atoms with Gasteiger partial charge in [-0.1, -0.05) is 19.8 Å². The molecule has 4 nitrogen and oxygen atoms in total. The van der Waals surface area contributed by atoms with Crippen molar-refractivity contribution >= 4 is 23.2 Å². The zero-order chi connectivity index (χ0) is 15.0. The highest BCUT2D eigenvalue weighted by Crippen LogP contribution is 2.45. The number of carbonyl (C=O) groups excluding carboxylic acids is 1. The summed E-state index contributed by atoms with van der Waals surface area (Å²) in [4.78, 5) is 27.6. The van der Waals surface area contributed by atoms with Gasteiger partial charge in [0, 0.05) is 16.8 Å². The van der Waals surface area contributed by atoms with Crippen LogP contribution in [-0.4, -0.2) is 28.4 Å². The van der Waals surface area contributed by atoms with Gasteiger partial charge in [-0.2, -0.15) is 0 Å². The van der Waals surface area contributed by atoms with Crippen LogP contribution in [0.3, 0.4) is 0 Å². The van der Waals surface area contributed by atoms with Crippen molar-refractivity contribution in [2.45, 2.75) is 51.5 Å². The van der Waals surface area contributed by atoms with Crippen LogP contribution in [0.5, 0.6) is 0 Å². The zero-order valence-electron chi connectivity index (χ0n) is 12.3. The molecular weight excluding hydrogens is 286 g/mol. The predicted molar refractivity (Wildman–Crippen MR) is 81.3 cm³/mol. The van der Waals surface area contributed by atoms with Gasteiger partial charge in [-0.05, 0) is 42.7 Å². The number of thiophene rings is 1. The lowest BCUT2D eigenvalue weighted by Gasteiger charge is -2.39. The number of nitrogens with zero attached hydrogens (tertiary/aromatic N) is 1. The number of hydrogen-bond donors (Lipinski definition) is 1. The van der Waals surface area contributed by atoms with Gasteiger partial charge in [0.05, 0.1) is 0 Å². The Kier molecular flexibility index (Phi) is 3.78. The third-order valence-corrected chi connectivity index (χ3v) is 6.15. The van der Waals surface area contributed by atoms with Crippen molar-refractivity contribution < 1.29 is 14.7 Å². The zero-order valence-corrected chi connectivity index (χ0v) is 13.1. The number of carboxylic acid groups (broad SMARTS) is 1. The first-order valence-corrected chi connectivity index (χ1v) is 8.57. The Morgan fingerprint density at radius 3 is 2.76 bits per heavy atom. The van der Waals surface area contributed by atoms with E-state index in [9.17, 15) is 14.7 Å². The topological polar surface area (TPSA) is 57.6 Å². The molecule has 2 heterocycles. The van der Waals surface area contributed by atoms with Crippen molar-refractivity contribution in [3.63, 3.8) is 0 Å². The molecule has 1 atom stereocenters. The van der Waals surface area contributed by atoms with Crippen LogP contribution in [0.25, 0.3) is 0 Å². The second-order valence-corrected chi connectivity index (χ2v) is 7.13. The van der Waals surface area contributed by atoms with Crippen LogP contribution in [0.1, 0.15) is 55.5 Å². The Morgan fingerprint density at radius 1 is 1.43 bits per heavy atom. The smallest absolute Gasteiger partial charge is 0.331 e. The molecule has 1 N–H and O–H groups in total. The van der Waals surface area contributed by atoms with Gasteiger partial charge in [0.15, 0.2) is 6.04 Å². The summed E-state index contributed by atoms with van der Waals surface area (Å²) in [7, 11) is 0. The molecule has 0 bridgehead atoms. The Bertz CT molecular complexity index is 560. The standard InChI is InChI=1S/C16H21NO3S/c1-2-16(7-3-4-8-16)15(20)17-9-5-12-11(6-10-21-12)13(17)14(18)19/h6,10,13H,2-5,7-9H2,1H3,(H,18,19). The number of carbonyl (C=O) groups is 2. The number of carboxylic acids is 1. The molecule has 0 aromatic carbocycles. The highest BCUT2D eigenvalue weighted by Gasteiger charge is 2.46. The number of aliphatic carboxylic acids is 1. The maximum atomic E-state index is 13.1. The molecule has 1 aliphatic heterocycles. The molecule has 21 heavy (non-hydrogen) atoms. The summed E-state index contributed by atoms with van der Waals surface area (Å²) in [5, 5.41) is 11.6. The van der Waals surface area contributed by atoms with Crippen LogP contribution >= 0.6 is 11.3 Å². The van der Waals surface area contributed by atoms with E-state index in [0.717, 1.165) is 49.0 Å². The molecule has 0 saturated heterocycles. The first kappa shape index (κ1) is 14.6. The summed E-state index contributed by atoms with van der Waals surface area (Å²) < 4.78 is 0. The second kappa shape index (κ2) is 5.44. The van der Waals surface area contributed by atoms with Gasteiger partial charge in [0.2, 0.25) is 5.91 Å². The molecule has 1 saturated carbocycles. The van der Waals surface area contributed by atoms with Crippen molar-refractivity contribution in [2.75, 3.05) is 6.54 Å². The lowest BCUT2D eigenvalue weighted by atomic mass is 9.80. The van der Waals surface area contributed by atoms with E-state index in [1.165, 1.54) is 0 Å².